The van der Waals surface area contributed by atoms with Crippen molar-refractivity contribution in [1.82, 2.24) is 9.88 Å². The van der Waals surface area contributed by atoms with E-state index in [-0.39, 0.29) is 32.3 Å². The molecular weight excluding hydrogens is 540 g/mol. The minimum atomic E-state index is -0.440. The Morgan fingerprint density at radius 2 is 1.49 bits per heavy atom. The summed E-state index contributed by atoms with van der Waals surface area (Å²) in [6.07, 6.45) is 0. The van der Waals surface area contributed by atoms with Crippen LogP contribution in [0.2, 0.25) is 0 Å². The van der Waals surface area contributed by atoms with Crippen molar-refractivity contribution in [3.05, 3.63) is 88.9 Å². The van der Waals surface area contributed by atoms with Gasteiger partial charge in [0.15, 0.2) is 0 Å². The monoisotopic (exact) mass is 574 g/mol. The summed E-state index contributed by atoms with van der Waals surface area (Å²) >= 11 is 1.28. The van der Waals surface area contributed by atoms with Gasteiger partial charge in [0.05, 0.1) is 39.7 Å². The van der Waals surface area contributed by atoms with E-state index in [1.165, 1.54) is 11.3 Å². The number of benzene rings is 3. The lowest BCUT2D eigenvalue weighted by Crippen LogP contribution is -2.31. The van der Waals surface area contributed by atoms with Crippen LogP contribution in [0.5, 0.6) is 11.5 Å². The molecule has 0 saturated carbocycles. The molecule has 1 heterocycles. The lowest BCUT2D eigenvalue weighted by atomic mass is 10.0. The van der Waals surface area contributed by atoms with Crippen LogP contribution < -0.4 is 9.47 Å². The number of ether oxygens (including phenoxy) is 4. The maximum absolute atomic E-state index is 13.0. The Bertz CT molecular complexity index is 1450. The Morgan fingerprint density at radius 3 is 2.15 bits per heavy atom. The predicted molar refractivity (Wildman–Crippen MR) is 159 cm³/mol. The molecule has 0 aliphatic rings. The van der Waals surface area contributed by atoms with Crippen LogP contribution in [-0.4, -0.2) is 55.8 Å². The highest BCUT2D eigenvalue weighted by Gasteiger charge is 2.24. The summed E-state index contributed by atoms with van der Waals surface area (Å²) < 4.78 is 21.5. The van der Waals surface area contributed by atoms with Crippen molar-refractivity contribution < 1.29 is 28.5 Å². The first-order chi connectivity index (χ1) is 19.9. The molecule has 3 aromatic carbocycles. The molecule has 0 radical (unpaired) electrons. The fraction of sp³-hybridized carbons (Fsp3) is 0.281. The number of carbonyl (C=O) groups excluding carboxylic acids is 2. The quantitative estimate of drug-likeness (QED) is 0.174. The fourth-order valence-corrected chi connectivity index (χ4v) is 5.34. The molecule has 214 valence electrons. The van der Waals surface area contributed by atoms with Gasteiger partial charge in [-0.2, -0.15) is 0 Å². The highest BCUT2D eigenvalue weighted by Crippen LogP contribution is 2.32. The molecule has 41 heavy (non-hydrogen) atoms. The molecule has 0 amide bonds. The first kappa shape index (κ1) is 29.8. The molecule has 0 atom stereocenters. The van der Waals surface area contributed by atoms with Gasteiger partial charge >= 0.3 is 11.9 Å². The zero-order valence-corrected chi connectivity index (χ0v) is 24.5. The van der Waals surface area contributed by atoms with Crippen LogP contribution in [0, 0.1) is 0 Å². The minimum Gasteiger partial charge on any atom is -0.497 e. The SMILES string of the molecule is CCOC(=O)CN(Cc1ccc(OC)cc1OC)Cc1nc(-c2ccc(-c3ccccc3)cc2)sc1C(=O)OCC. The van der Waals surface area contributed by atoms with Gasteiger partial charge in [-0.15, -0.1) is 11.3 Å². The molecule has 8 nitrogen and oxygen atoms in total. The van der Waals surface area contributed by atoms with Crippen molar-refractivity contribution >= 4 is 23.3 Å². The topological polar surface area (TPSA) is 87.2 Å². The van der Waals surface area contributed by atoms with E-state index >= 15 is 0 Å². The van der Waals surface area contributed by atoms with Crippen molar-refractivity contribution in [2.75, 3.05) is 34.0 Å². The Labute approximate surface area is 244 Å². The van der Waals surface area contributed by atoms with Gasteiger partial charge in [0.25, 0.3) is 0 Å². The number of rotatable bonds is 13. The van der Waals surface area contributed by atoms with Gasteiger partial charge in [-0.25, -0.2) is 9.78 Å². The summed E-state index contributed by atoms with van der Waals surface area (Å²) in [6, 6.07) is 23.7. The number of aromatic nitrogens is 1. The van der Waals surface area contributed by atoms with Gasteiger partial charge < -0.3 is 18.9 Å². The Hall–Kier alpha value is -4.21. The molecule has 0 aliphatic heterocycles. The van der Waals surface area contributed by atoms with E-state index in [1.54, 1.807) is 34.1 Å². The van der Waals surface area contributed by atoms with E-state index in [2.05, 4.69) is 12.1 Å². The van der Waals surface area contributed by atoms with Crippen molar-refractivity contribution in [2.45, 2.75) is 26.9 Å². The maximum Gasteiger partial charge on any atom is 0.350 e. The summed E-state index contributed by atoms with van der Waals surface area (Å²) in [7, 11) is 3.18. The highest BCUT2D eigenvalue weighted by atomic mass is 32.1. The van der Waals surface area contributed by atoms with Crippen LogP contribution in [0.3, 0.4) is 0 Å². The van der Waals surface area contributed by atoms with Crippen LogP contribution in [0.4, 0.5) is 0 Å². The van der Waals surface area contributed by atoms with Crippen LogP contribution in [0.1, 0.15) is 34.8 Å². The van der Waals surface area contributed by atoms with E-state index in [9.17, 15) is 9.59 Å². The lowest BCUT2D eigenvalue weighted by Gasteiger charge is -2.22. The van der Waals surface area contributed by atoms with Crippen LogP contribution in [0.25, 0.3) is 21.7 Å². The molecule has 0 N–H and O–H groups in total. The lowest BCUT2D eigenvalue weighted by molar-refractivity contribution is -0.144. The number of nitrogens with zero attached hydrogens (tertiary/aromatic N) is 2. The zero-order chi connectivity index (χ0) is 29.2. The second-order valence-electron chi connectivity index (χ2n) is 9.09. The third-order valence-electron chi connectivity index (χ3n) is 6.32. The van der Waals surface area contributed by atoms with Crippen molar-refractivity contribution in [3.8, 4) is 33.2 Å². The van der Waals surface area contributed by atoms with E-state index < -0.39 is 5.97 Å². The molecule has 1 aromatic heterocycles. The van der Waals surface area contributed by atoms with Crippen LogP contribution >= 0.6 is 11.3 Å². The third kappa shape index (κ3) is 7.71. The summed E-state index contributed by atoms with van der Waals surface area (Å²) in [4.78, 5) is 32.7. The van der Waals surface area contributed by atoms with E-state index in [1.807, 2.05) is 59.5 Å². The second-order valence-corrected chi connectivity index (χ2v) is 10.1. The first-order valence-corrected chi connectivity index (χ1v) is 14.2. The van der Waals surface area contributed by atoms with Crippen molar-refractivity contribution in [1.29, 1.82) is 0 Å². The highest BCUT2D eigenvalue weighted by molar-refractivity contribution is 7.17. The molecule has 0 aliphatic carbocycles. The van der Waals surface area contributed by atoms with Gasteiger partial charge in [0, 0.05) is 30.3 Å². The average molecular weight is 575 g/mol. The molecule has 4 aromatic rings. The minimum absolute atomic E-state index is 0.00389. The molecule has 0 saturated heterocycles. The summed E-state index contributed by atoms with van der Waals surface area (Å²) in [5.41, 5.74) is 4.48. The van der Waals surface area contributed by atoms with Gasteiger partial charge in [0.1, 0.15) is 21.4 Å². The number of methoxy groups -OCH3 is 2. The van der Waals surface area contributed by atoms with Gasteiger partial charge in [-0.3, -0.25) is 9.69 Å². The Balaban J connectivity index is 1.66. The maximum atomic E-state index is 13.0. The zero-order valence-electron chi connectivity index (χ0n) is 23.7. The standard InChI is InChI=1S/C32H34N2O6S/c1-5-39-29(35)21-34(19-25-16-17-26(37-3)18-28(25)38-4)20-27-30(32(36)40-6-2)41-31(33-27)24-14-12-23(13-15-24)22-10-8-7-9-11-22/h7-18H,5-6,19-21H2,1-4H3. The number of hydrogen-bond acceptors (Lipinski definition) is 9. The van der Waals surface area contributed by atoms with E-state index in [0.717, 1.165) is 22.3 Å². The third-order valence-corrected chi connectivity index (χ3v) is 7.44. The molecule has 0 bridgehead atoms. The Morgan fingerprint density at radius 1 is 0.805 bits per heavy atom. The van der Waals surface area contributed by atoms with Gasteiger partial charge in [0.2, 0.25) is 0 Å². The average Bonchev–Trinajstić information content (AvgIpc) is 3.42. The summed E-state index contributed by atoms with van der Waals surface area (Å²) in [6.45, 7) is 4.63. The molecule has 0 spiro atoms. The first-order valence-electron chi connectivity index (χ1n) is 13.4. The normalized spacial score (nSPS) is 10.9. The number of thiazole rings is 1. The van der Waals surface area contributed by atoms with Crippen LogP contribution in [-0.2, 0) is 27.4 Å². The van der Waals surface area contributed by atoms with E-state index in [4.69, 9.17) is 23.9 Å². The fourth-order valence-electron chi connectivity index (χ4n) is 4.37. The molecule has 0 unspecified atom stereocenters. The second kappa shape index (κ2) is 14.4. The van der Waals surface area contributed by atoms with Crippen molar-refractivity contribution in [2.24, 2.45) is 0 Å². The summed E-state index contributed by atoms with van der Waals surface area (Å²) in [5, 5.41) is 0.695. The molecule has 9 heteroatoms. The summed E-state index contributed by atoms with van der Waals surface area (Å²) in [5.74, 6) is 0.478. The predicted octanol–water partition coefficient (Wildman–Crippen LogP) is 6.24. The smallest absolute Gasteiger partial charge is 0.350 e. The molecule has 4 rings (SSSR count). The molecule has 0 fully saturated rings. The number of esters is 2. The van der Waals surface area contributed by atoms with Gasteiger partial charge in [-0.05, 0) is 31.0 Å². The van der Waals surface area contributed by atoms with Crippen molar-refractivity contribution in [3.63, 3.8) is 0 Å². The molecular formula is C32H34N2O6S. The largest absolute Gasteiger partial charge is 0.497 e. The number of carbonyl (C=O) groups is 2. The number of hydrogen-bond donors (Lipinski definition) is 0. The van der Waals surface area contributed by atoms with Gasteiger partial charge in [-0.1, -0.05) is 60.7 Å². The Kier molecular flexibility index (Phi) is 10.5. The van der Waals surface area contributed by atoms with E-state index in [0.29, 0.717) is 33.6 Å². The van der Waals surface area contributed by atoms with Crippen LogP contribution in [0.15, 0.2) is 72.8 Å².